The van der Waals surface area contributed by atoms with Gasteiger partial charge >= 0.3 is 6.09 Å². The number of hydrogen-bond acceptors (Lipinski definition) is 6. The van der Waals surface area contributed by atoms with Crippen LogP contribution in [0.1, 0.15) is 18.4 Å². The third-order valence-corrected chi connectivity index (χ3v) is 5.83. The molecule has 0 fully saturated rings. The Morgan fingerprint density at radius 1 is 1.40 bits per heavy atom. The van der Waals surface area contributed by atoms with E-state index >= 15 is 0 Å². The minimum Gasteiger partial charge on any atom is -0.450 e. The van der Waals surface area contributed by atoms with Crippen LogP contribution in [0.15, 0.2) is 41.1 Å². The second-order valence-corrected chi connectivity index (χ2v) is 7.32. The minimum atomic E-state index is -2.05. The molecule has 0 bridgehead atoms. The standard InChI is InChI=1S/C21H17ClFN5O2/c1-2-30-20(29)28-7-6-12-13(8-24)19(27)21(10-25,11-26)18(14(12)9-28)17-15(22)4-3-5-16(17)23/h3-6,14,18H,2,7,9,27H2,1H3. The van der Waals surface area contributed by atoms with Crippen LogP contribution < -0.4 is 5.73 Å². The zero-order valence-corrected chi connectivity index (χ0v) is 16.8. The molecule has 0 saturated heterocycles. The van der Waals surface area contributed by atoms with Crippen LogP contribution >= 0.6 is 11.6 Å². The molecular weight excluding hydrogens is 409 g/mol. The Bertz CT molecular complexity index is 1060. The molecule has 2 N–H and O–H groups in total. The molecule has 1 aromatic carbocycles. The molecule has 7 nitrogen and oxygen atoms in total. The van der Waals surface area contributed by atoms with Crippen molar-refractivity contribution in [2.45, 2.75) is 12.8 Å². The van der Waals surface area contributed by atoms with Crippen LogP contribution in [-0.4, -0.2) is 30.7 Å². The molecule has 1 aromatic rings. The van der Waals surface area contributed by atoms with Crippen molar-refractivity contribution in [3.8, 4) is 18.2 Å². The highest BCUT2D eigenvalue weighted by molar-refractivity contribution is 6.31. The Labute approximate surface area is 178 Å². The molecule has 0 radical (unpaired) electrons. The third-order valence-electron chi connectivity index (χ3n) is 5.50. The predicted molar refractivity (Wildman–Crippen MR) is 105 cm³/mol. The molecular formula is C21H17ClFN5O2. The van der Waals surface area contributed by atoms with Gasteiger partial charge in [0.2, 0.25) is 0 Å². The summed E-state index contributed by atoms with van der Waals surface area (Å²) in [5.41, 5.74) is 4.28. The summed E-state index contributed by atoms with van der Waals surface area (Å²) < 4.78 is 20.0. The molecule has 1 amide bonds. The number of ether oxygens (including phenoxy) is 1. The number of nitrogens with zero attached hydrogens (tertiary/aromatic N) is 4. The van der Waals surface area contributed by atoms with Crippen LogP contribution in [0.25, 0.3) is 0 Å². The number of halogens is 2. The van der Waals surface area contributed by atoms with E-state index in [9.17, 15) is 25.0 Å². The van der Waals surface area contributed by atoms with Crippen molar-refractivity contribution in [2.24, 2.45) is 17.1 Å². The zero-order valence-electron chi connectivity index (χ0n) is 16.0. The topological polar surface area (TPSA) is 127 Å². The number of carbonyl (C=O) groups excluding carboxylic acids is 1. The highest BCUT2D eigenvalue weighted by Crippen LogP contribution is 2.55. The third kappa shape index (κ3) is 3.05. The molecule has 9 heteroatoms. The molecule has 0 aromatic heterocycles. The van der Waals surface area contributed by atoms with E-state index in [4.69, 9.17) is 22.1 Å². The maximum atomic E-state index is 14.9. The van der Waals surface area contributed by atoms with Crippen LogP contribution in [0, 0.1) is 51.1 Å². The van der Waals surface area contributed by atoms with Crippen LogP contribution in [-0.2, 0) is 4.74 Å². The van der Waals surface area contributed by atoms with Gasteiger partial charge in [0.15, 0.2) is 5.41 Å². The fourth-order valence-corrected chi connectivity index (χ4v) is 4.44. The minimum absolute atomic E-state index is 0.00354. The lowest BCUT2D eigenvalue weighted by Crippen LogP contribution is -2.49. The van der Waals surface area contributed by atoms with Crippen molar-refractivity contribution in [1.29, 1.82) is 15.8 Å². The van der Waals surface area contributed by atoms with Crippen LogP contribution in [0.4, 0.5) is 9.18 Å². The molecule has 152 valence electrons. The molecule has 0 saturated carbocycles. The number of rotatable bonds is 2. The first kappa shape index (κ1) is 21.2. The van der Waals surface area contributed by atoms with Crippen molar-refractivity contribution in [3.63, 3.8) is 0 Å². The number of amides is 1. The van der Waals surface area contributed by atoms with E-state index in [0.29, 0.717) is 5.57 Å². The Balaban J connectivity index is 2.31. The average Bonchev–Trinajstić information content (AvgIpc) is 2.74. The quantitative estimate of drug-likeness (QED) is 0.773. The van der Waals surface area contributed by atoms with E-state index in [2.05, 4.69) is 0 Å². The highest BCUT2D eigenvalue weighted by Gasteiger charge is 2.56. The van der Waals surface area contributed by atoms with Gasteiger partial charge in [-0.3, -0.25) is 0 Å². The second kappa shape index (κ2) is 8.06. The van der Waals surface area contributed by atoms with E-state index in [-0.39, 0.29) is 41.6 Å². The lowest BCUT2D eigenvalue weighted by molar-refractivity contribution is 0.0997. The van der Waals surface area contributed by atoms with Gasteiger partial charge in [0.05, 0.1) is 30.0 Å². The predicted octanol–water partition coefficient (Wildman–Crippen LogP) is 3.36. The Morgan fingerprint density at radius 2 is 2.10 bits per heavy atom. The number of benzene rings is 1. The fourth-order valence-electron chi connectivity index (χ4n) is 4.16. The van der Waals surface area contributed by atoms with Gasteiger partial charge in [0.1, 0.15) is 11.9 Å². The van der Waals surface area contributed by atoms with Gasteiger partial charge in [0, 0.05) is 35.5 Å². The smallest absolute Gasteiger partial charge is 0.410 e. The SMILES string of the molecule is CCOC(=O)N1CC=C2C(C#N)=C(N)C(C#N)(C#N)C(c3c(F)cccc3Cl)C2C1. The van der Waals surface area contributed by atoms with Gasteiger partial charge in [-0.25, -0.2) is 9.18 Å². The van der Waals surface area contributed by atoms with Gasteiger partial charge in [0.25, 0.3) is 0 Å². The van der Waals surface area contributed by atoms with Gasteiger partial charge < -0.3 is 15.4 Å². The van der Waals surface area contributed by atoms with Crippen LogP contribution in [0.5, 0.6) is 0 Å². The Kier molecular flexibility index (Phi) is 5.69. The summed E-state index contributed by atoms with van der Waals surface area (Å²) in [5, 5.41) is 29.7. The summed E-state index contributed by atoms with van der Waals surface area (Å²) in [6.45, 7) is 1.98. The summed E-state index contributed by atoms with van der Waals surface area (Å²) in [5.74, 6) is -2.61. The Morgan fingerprint density at radius 3 is 2.67 bits per heavy atom. The first-order valence-corrected chi connectivity index (χ1v) is 9.52. The van der Waals surface area contributed by atoms with Crippen molar-refractivity contribution in [2.75, 3.05) is 19.7 Å². The first-order valence-electron chi connectivity index (χ1n) is 9.15. The zero-order chi connectivity index (χ0) is 22.1. The number of nitriles is 3. The molecule has 2 aliphatic rings. The molecule has 0 spiro atoms. The van der Waals surface area contributed by atoms with Crippen LogP contribution in [0.2, 0.25) is 5.02 Å². The summed E-state index contributed by atoms with van der Waals surface area (Å²) in [6, 6.07) is 9.82. The molecule has 2 atom stereocenters. The van der Waals surface area contributed by atoms with Gasteiger partial charge in [-0.2, -0.15) is 15.8 Å². The summed E-state index contributed by atoms with van der Waals surface area (Å²) >= 11 is 6.30. The molecule has 1 aliphatic carbocycles. The lowest BCUT2D eigenvalue weighted by atomic mass is 9.58. The average molecular weight is 426 g/mol. The number of allylic oxidation sites excluding steroid dienone is 2. The Hall–Kier alpha value is -3.54. The maximum absolute atomic E-state index is 14.9. The van der Waals surface area contributed by atoms with Gasteiger partial charge in [-0.15, -0.1) is 0 Å². The normalized spacial score (nSPS) is 22.1. The summed E-state index contributed by atoms with van der Waals surface area (Å²) in [7, 11) is 0. The molecule has 1 aliphatic heterocycles. The number of hydrogen-bond donors (Lipinski definition) is 1. The monoisotopic (exact) mass is 425 g/mol. The van der Waals surface area contributed by atoms with Crippen LogP contribution in [0.3, 0.4) is 0 Å². The lowest BCUT2D eigenvalue weighted by Gasteiger charge is -2.45. The fraction of sp³-hybridized carbons (Fsp3) is 0.333. The molecule has 1 heterocycles. The number of nitrogens with two attached hydrogens (primary N) is 1. The van der Waals surface area contributed by atoms with E-state index in [1.807, 2.05) is 18.2 Å². The largest absolute Gasteiger partial charge is 0.450 e. The van der Waals surface area contributed by atoms with E-state index < -0.39 is 29.2 Å². The van der Waals surface area contributed by atoms with E-state index in [1.165, 1.54) is 23.1 Å². The molecule has 30 heavy (non-hydrogen) atoms. The molecule has 3 rings (SSSR count). The van der Waals surface area contributed by atoms with E-state index in [1.54, 1.807) is 13.0 Å². The first-order chi connectivity index (χ1) is 14.4. The second-order valence-electron chi connectivity index (χ2n) is 6.91. The highest BCUT2D eigenvalue weighted by atomic mass is 35.5. The van der Waals surface area contributed by atoms with Crippen molar-refractivity contribution >= 4 is 17.7 Å². The van der Waals surface area contributed by atoms with Crippen molar-refractivity contribution in [3.05, 3.63) is 57.5 Å². The van der Waals surface area contributed by atoms with Gasteiger partial charge in [-0.05, 0) is 24.6 Å². The summed E-state index contributed by atoms with van der Waals surface area (Å²) in [4.78, 5) is 13.7. The number of fused-ring (bicyclic) bond motifs is 1. The molecule has 2 unspecified atom stereocenters. The van der Waals surface area contributed by atoms with E-state index in [0.717, 1.165) is 0 Å². The summed E-state index contributed by atoms with van der Waals surface area (Å²) in [6.07, 6.45) is 1.03. The maximum Gasteiger partial charge on any atom is 0.410 e. The number of carbonyl (C=O) groups is 1. The van der Waals surface area contributed by atoms with Crippen molar-refractivity contribution in [1.82, 2.24) is 4.90 Å². The van der Waals surface area contributed by atoms with Crippen molar-refractivity contribution < 1.29 is 13.9 Å². The van der Waals surface area contributed by atoms with Gasteiger partial charge in [-0.1, -0.05) is 23.7 Å².